The first-order valence-electron chi connectivity index (χ1n) is 6.34. The number of rotatable bonds is 1. The Balaban J connectivity index is 1.81. The minimum atomic E-state index is 0.666. The van der Waals surface area contributed by atoms with Gasteiger partial charge in [0.2, 0.25) is 0 Å². The van der Waals surface area contributed by atoms with Crippen molar-refractivity contribution in [2.24, 2.45) is 5.92 Å². The van der Waals surface area contributed by atoms with Crippen molar-refractivity contribution in [2.75, 3.05) is 24.5 Å². The lowest BCUT2D eigenvalue weighted by atomic mass is 9.94. The summed E-state index contributed by atoms with van der Waals surface area (Å²) in [4.78, 5) is 6.98. The number of nitrogens with one attached hydrogen (secondary N) is 1. The van der Waals surface area contributed by atoms with E-state index in [-0.39, 0.29) is 0 Å². The molecule has 3 nitrogen and oxygen atoms in total. The molecule has 0 aromatic carbocycles. The van der Waals surface area contributed by atoms with E-state index in [1.54, 1.807) is 0 Å². The summed E-state index contributed by atoms with van der Waals surface area (Å²) in [5.41, 5.74) is 1.20. The third-order valence-electron chi connectivity index (χ3n) is 3.86. The molecule has 0 radical (unpaired) electrons. The normalized spacial score (nSPS) is 28.2. The highest BCUT2D eigenvalue weighted by Crippen LogP contribution is 2.32. The number of anilines is 1. The van der Waals surface area contributed by atoms with E-state index in [2.05, 4.69) is 44.1 Å². The van der Waals surface area contributed by atoms with Gasteiger partial charge in [-0.05, 0) is 59.8 Å². The molecule has 1 aromatic heterocycles. The number of hydrogen-bond donors (Lipinski definition) is 1. The first kappa shape index (κ1) is 11.5. The summed E-state index contributed by atoms with van der Waals surface area (Å²) in [6, 6.07) is 2.82. The molecular formula is C13H18BrN3. The maximum Gasteiger partial charge on any atom is 0.142 e. The zero-order valence-corrected chi connectivity index (χ0v) is 11.7. The van der Waals surface area contributed by atoms with Gasteiger partial charge in [-0.1, -0.05) is 0 Å². The van der Waals surface area contributed by atoms with Crippen molar-refractivity contribution < 1.29 is 0 Å². The Kier molecular flexibility index (Phi) is 3.09. The van der Waals surface area contributed by atoms with E-state index in [1.165, 1.54) is 24.9 Å². The fourth-order valence-electron chi connectivity index (χ4n) is 2.98. The zero-order chi connectivity index (χ0) is 11.8. The van der Waals surface area contributed by atoms with Crippen molar-refractivity contribution in [1.29, 1.82) is 0 Å². The molecule has 0 amide bonds. The minimum absolute atomic E-state index is 0.666. The van der Waals surface area contributed by atoms with Crippen LogP contribution in [-0.4, -0.2) is 30.7 Å². The van der Waals surface area contributed by atoms with Crippen LogP contribution in [-0.2, 0) is 0 Å². The number of aryl methyl sites for hydroxylation is 1. The fraction of sp³-hybridized carbons (Fsp3) is 0.615. The van der Waals surface area contributed by atoms with Gasteiger partial charge in [-0.3, -0.25) is 0 Å². The molecule has 4 heteroatoms. The Bertz CT molecular complexity index is 407. The second-order valence-electron chi connectivity index (χ2n) is 5.19. The molecule has 0 bridgehead atoms. The van der Waals surface area contributed by atoms with Crippen LogP contribution >= 0.6 is 15.9 Å². The molecule has 17 heavy (non-hydrogen) atoms. The number of piperidine rings is 1. The van der Waals surface area contributed by atoms with Crippen LogP contribution in [0.3, 0.4) is 0 Å². The Morgan fingerprint density at radius 1 is 1.47 bits per heavy atom. The van der Waals surface area contributed by atoms with Gasteiger partial charge in [0.1, 0.15) is 5.82 Å². The molecule has 1 N–H and O–H groups in total. The molecular weight excluding hydrogens is 278 g/mol. The Morgan fingerprint density at radius 3 is 3.12 bits per heavy atom. The molecule has 2 atom stereocenters. The maximum absolute atomic E-state index is 4.57. The van der Waals surface area contributed by atoms with Crippen molar-refractivity contribution in [1.82, 2.24) is 10.3 Å². The summed E-state index contributed by atoms with van der Waals surface area (Å²) in [7, 11) is 0. The molecule has 0 aliphatic carbocycles. The fourth-order valence-corrected chi connectivity index (χ4v) is 3.69. The number of halogens is 1. The van der Waals surface area contributed by atoms with E-state index in [1.807, 2.05) is 6.20 Å². The zero-order valence-electron chi connectivity index (χ0n) is 10.1. The molecule has 2 aliphatic rings. The Hall–Kier alpha value is -0.610. The molecule has 2 fully saturated rings. The summed E-state index contributed by atoms with van der Waals surface area (Å²) in [6.45, 7) is 5.50. The molecule has 1 aromatic rings. The van der Waals surface area contributed by atoms with Crippen molar-refractivity contribution in [3.63, 3.8) is 0 Å². The van der Waals surface area contributed by atoms with Crippen LogP contribution in [0.5, 0.6) is 0 Å². The van der Waals surface area contributed by atoms with E-state index < -0.39 is 0 Å². The quantitative estimate of drug-likeness (QED) is 0.862. The number of nitrogens with zero attached hydrogens (tertiary/aromatic N) is 2. The topological polar surface area (TPSA) is 28.2 Å². The number of fused-ring (bicyclic) bond motifs is 1. The van der Waals surface area contributed by atoms with Gasteiger partial charge in [-0.15, -0.1) is 0 Å². The predicted molar refractivity (Wildman–Crippen MR) is 73.4 cm³/mol. The van der Waals surface area contributed by atoms with Crippen LogP contribution in [0.1, 0.15) is 18.4 Å². The van der Waals surface area contributed by atoms with Crippen molar-refractivity contribution in [2.45, 2.75) is 25.8 Å². The summed E-state index contributed by atoms with van der Waals surface area (Å²) in [5, 5.41) is 3.63. The van der Waals surface area contributed by atoms with Crippen LogP contribution < -0.4 is 10.2 Å². The predicted octanol–water partition coefficient (Wildman–Crippen LogP) is 2.34. The van der Waals surface area contributed by atoms with Gasteiger partial charge >= 0.3 is 0 Å². The largest absolute Gasteiger partial charge is 0.354 e. The van der Waals surface area contributed by atoms with Crippen LogP contribution in [0.2, 0.25) is 0 Å². The van der Waals surface area contributed by atoms with Gasteiger partial charge < -0.3 is 10.2 Å². The summed E-state index contributed by atoms with van der Waals surface area (Å²) >= 11 is 3.63. The Morgan fingerprint density at radius 2 is 2.35 bits per heavy atom. The summed E-state index contributed by atoms with van der Waals surface area (Å²) < 4.78 is 1.12. The average Bonchev–Trinajstić information content (AvgIpc) is 2.72. The van der Waals surface area contributed by atoms with E-state index in [9.17, 15) is 0 Å². The van der Waals surface area contributed by atoms with Crippen molar-refractivity contribution in [3.8, 4) is 0 Å². The van der Waals surface area contributed by atoms with Crippen LogP contribution in [0, 0.1) is 12.8 Å². The van der Waals surface area contributed by atoms with Crippen molar-refractivity contribution in [3.05, 3.63) is 22.3 Å². The first-order valence-corrected chi connectivity index (χ1v) is 7.14. The van der Waals surface area contributed by atoms with Gasteiger partial charge in [0.25, 0.3) is 0 Å². The number of pyridine rings is 1. The number of aromatic nitrogens is 1. The lowest BCUT2D eigenvalue weighted by molar-refractivity contribution is 0.340. The molecule has 3 rings (SSSR count). The summed E-state index contributed by atoms with van der Waals surface area (Å²) in [6.07, 6.45) is 4.63. The van der Waals surface area contributed by atoms with Gasteiger partial charge in [0, 0.05) is 25.3 Å². The van der Waals surface area contributed by atoms with Crippen LogP contribution in [0.4, 0.5) is 5.82 Å². The molecule has 2 saturated heterocycles. The first-order chi connectivity index (χ1) is 8.24. The minimum Gasteiger partial charge on any atom is -0.354 e. The summed E-state index contributed by atoms with van der Waals surface area (Å²) in [5.74, 6) is 1.91. The van der Waals surface area contributed by atoms with E-state index in [4.69, 9.17) is 0 Å². The highest BCUT2D eigenvalue weighted by Gasteiger charge is 2.35. The van der Waals surface area contributed by atoms with E-state index in [0.717, 1.165) is 29.3 Å². The van der Waals surface area contributed by atoms with E-state index >= 15 is 0 Å². The molecule has 3 heterocycles. The second-order valence-corrected chi connectivity index (χ2v) is 6.04. The van der Waals surface area contributed by atoms with Gasteiger partial charge in [-0.2, -0.15) is 0 Å². The third kappa shape index (κ3) is 2.20. The molecule has 92 valence electrons. The van der Waals surface area contributed by atoms with Gasteiger partial charge in [0.15, 0.2) is 0 Å². The van der Waals surface area contributed by atoms with Crippen molar-refractivity contribution >= 4 is 21.7 Å². The molecule has 2 aliphatic heterocycles. The average molecular weight is 296 g/mol. The van der Waals surface area contributed by atoms with Gasteiger partial charge in [0.05, 0.1) is 4.47 Å². The smallest absolute Gasteiger partial charge is 0.142 e. The molecule has 0 spiro atoms. The van der Waals surface area contributed by atoms with Crippen LogP contribution in [0.25, 0.3) is 0 Å². The maximum atomic E-state index is 4.57. The lowest BCUT2D eigenvalue weighted by Crippen LogP contribution is -2.40. The van der Waals surface area contributed by atoms with E-state index in [0.29, 0.717) is 6.04 Å². The second kappa shape index (κ2) is 4.58. The third-order valence-corrected chi connectivity index (χ3v) is 4.44. The highest BCUT2D eigenvalue weighted by atomic mass is 79.9. The monoisotopic (exact) mass is 295 g/mol. The standard InChI is InChI=1S/C13H18BrN3/c1-9-5-11(14)13(16-6-9)17-7-10-3-2-4-15-12(10)8-17/h5-6,10,12,15H,2-4,7-8H2,1H3/t10-,12+/m0/s1. The SMILES string of the molecule is Cc1cnc(N2C[C@@H]3CCCN[C@@H]3C2)c(Br)c1. The van der Waals surface area contributed by atoms with Gasteiger partial charge in [-0.25, -0.2) is 4.98 Å². The highest BCUT2D eigenvalue weighted by molar-refractivity contribution is 9.10. The van der Waals surface area contributed by atoms with Crippen LogP contribution in [0.15, 0.2) is 16.7 Å². The molecule has 0 unspecified atom stereocenters. The number of hydrogen-bond acceptors (Lipinski definition) is 3. The lowest BCUT2D eigenvalue weighted by Gasteiger charge is -2.24. The Labute approximate surface area is 111 Å². The molecule has 0 saturated carbocycles.